The Morgan fingerprint density at radius 3 is 2.50 bits per heavy atom. The molecule has 0 aliphatic heterocycles. The van der Waals surface area contributed by atoms with E-state index in [1.807, 2.05) is 0 Å². The number of aliphatic hydroxyl groups excluding tert-OH is 1. The Bertz CT molecular complexity index is 291. The van der Waals surface area contributed by atoms with Crippen LogP contribution in [0.5, 0.6) is 0 Å². The van der Waals surface area contributed by atoms with E-state index in [-0.39, 0.29) is 12.4 Å². The lowest BCUT2D eigenvalue weighted by Gasteiger charge is -2.13. The Morgan fingerprint density at radius 2 is 2.00 bits per heavy atom. The smallest absolute Gasteiger partial charge is 0.0938 e. The van der Waals surface area contributed by atoms with E-state index >= 15 is 0 Å². The van der Waals surface area contributed by atoms with E-state index < -0.39 is 19.0 Å². The zero-order chi connectivity index (χ0) is 10.8. The zero-order valence-corrected chi connectivity index (χ0v) is 7.29. The molecule has 1 aromatic carbocycles. The van der Waals surface area contributed by atoms with E-state index in [0.29, 0.717) is 5.56 Å². The van der Waals surface area contributed by atoms with Gasteiger partial charge in [-0.05, 0) is 12.4 Å². The lowest BCUT2D eigenvalue weighted by atomic mass is 10.0. The molecule has 2 nitrogen and oxygen atoms in total. The summed E-state index contributed by atoms with van der Waals surface area (Å²) in [5, 5.41) is 9.64. The van der Waals surface area contributed by atoms with Crippen LogP contribution in [0.25, 0.3) is 0 Å². The molecule has 0 heterocycles. The number of aliphatic hydroxyl groups is 1. The van der Waals surface area contributed by atoms with Crippen molar-refractivity contribution in [2.75, 3.05) is 0 Å². The first kappa shape index (κ1) is 6.89. The molecule has 0 saturated carbocycles. The number of hydrogen-bond acceptors (Lipinski definition) is 2. The highest BCUT2D eigenvalue weighted by molar-refractivity contribution is 5.85. The monoisotopic (exact) mass is 190 g/mol. The maximum atomic E-state index is 9.64. The van der Waals surface area contributed by atoms with E-state index in [2.05, 4.69) is 0 Å². The fraction of sp³-hybridized carbons (Fsp3) is 0.333. The van der Waals surface area contributed by atoms with Crippen LogP contribution in [-0.2, 0) is 0 Å². The summed E-state index contributed by atoms with van der Waals surface area (Å²) in [7, 11) is 0. The lowest BCUT2D eigenvalue weighted by molar-refractivity contribution is 0.153. The average Bonchev–Trinajstić information content (AvgIpc) is 2.15. The molecule has 2 atom stereocenters. The molecule has 1 rings (SSSR count). The molecule has 0 bridgehead atoms. The summed E-state index contributed by atoms with van der Waals surface area (Å²) >= 11 is 0. The van der Waals surface area contributed by atoms with Crippen molar-refractivity contribution in [1.29, 1.82) is 0 Å². The molecule has 0 aromatic heterocycles. The van der Waals surface area contributed by atoms with Crippen LogP contribution in [-0.4, -0.2) is 11.1 Å². The second-order valence-corrected chi connectivity index (χ2v) is 2.38. The first-order valence-corrected chi connectivity index (χ1v) is 3.41. The van der Waals surface area contributed by atoms with Crippen molar-refractivity contribution in [3.8, 4) is 0 Å². The standard InChI is InChI=1S/C9H13NO.ClH/c1-7(10)9(11)8-5-3-2-4-6-8;/h2-7,9,11H,10H2,1H3;1H/t7-,9-;/m1./s1/i1D3;. The average molecular weight is 191 g/mol. The van der Waals surface area contributed by atoms with Crippen molar-refractivity contribution in [3.63, 3.8) is 0 Å². The number of rotatable bonds is 2. The van der Waals surface area contributed by atoms with E-state index in [1.54, 1.807) is 30.3 Å². The predicted octanol–water partition coefficient (Wildman–Crippen LogP) is 1.49. The van der Waals surface area contributed by atoms with Crippen molar-refractivity contribution in [1.82, 2.24) is 0 Å². The Kier molecular flexibility index (Phi) is 2.95. The van der Waals surface area contributed by atoms with Gasteiger partial charge in [-0.3, -0.25) is 0 Å². The molecule has 12 heavy (non-hydrogen) atoms. The quantitative estimate of drug-likeness (QED) is 0.743. The minimum atomic E-state index is -2.34. The van der Waals surface area contributed by atoms with Crippen molar-refractivity contribution < 1.29 is 9.22 Å². The number of hydrogen-bond donors (Lipinski definition) is 2. The van der Waals surface area contributed by atoms with E-state index in [4.69, 9.17) is 9.85 Å². The molecule has 0 aliphatic rings. The maximum Gasteiger partial charge on any atom is 0.0938 e. The van der Waals surface area contributed by atoms with E-state index in [1.165, 1.54) is 0 Å². The summed E-state index contributed by atoms with van der Waals surface area (Å²) in [5.74, 6) is 0. The third-order valence-corrected chi connectivity index (χ3v) is 1.48. The Balaban J connectivity index is 0.00000196. The normalized spacial score (nSPS) is 19.3. The molecule has 0 radical (unpaired) electrons. The molecule has 0 amide bonds. The third-order valence-electron chi connectivity index (χ3n) is 1.48. The van der Waals surface area contributed by atoms with E-state index in [0.717, 1.165) is 0 Å². The fourth-order valence-electron chi connectivity index (χ4n) is 0.858. The van der Waals surface area contributed by atoms with Crippen molar-refractivity contribution >= 4 is 12.4 Å². The van der Waals surface area contributed by atoms with Crippen LogP contribution in [0.2, 0.25) is 0 Å². The predicted molar refractivity (Wildman–Crippen MR) is 52.3 cm³/mol. The molecule has 0 spiro atoms. The van der Waals surface area contributed by atoms with Crippen molar-refractivity contribution in [2.24, 2.45) is 5.73 Å². The molecule has 1 aromatic rings. The molecule has 68 valence electrons. The molecule has 0 saturated heterocycles. The van der Waals surface area contributed by atoms with Gasteiger partial charge in [-0.15, -0.1) is 12.4 Å². The van der Waals surface area contributed by atoms with Gasteiger partial charge < -0.3 is 10.8 Å². The molecule has 0 unspecified atom stereocenters. The highest BCUT2D eigenvalue weighted by atomic mass is 35.5. The first-order chi connectivity index (χ1) is 6.43. The van der Waals surface area contributed by atoms with Crippen LogP contribution in [0.4, 0.5) is 0 Å². The molecule has 0 aliphatic carbocycles. The minimum absolute atomic E-state index is 0. The van der Waals surface area contributed by atoms with Gasteiger partial charge in [-0.2, -0.15) is 0 Å². The molecule has 3 heteroatoms. The summed E-state index contributed by atoms with van der Waals surface area (Å²) in [5.41, 5.74) is 5.94. The third kappa shape index (κ3) is 2.81. The molecular formula is C9H14ClNO. The molecule has 0 fully saturated rings. The SMILES string of the molecule is Cl.[2H]C([2H])([2H])[C@@H](N)[C@@H](O)c1ccccc1. The van der Waals surface area contributed by atoms with Crippen LogP contribution >= 0.6 is 12.4 Å². The van der Waals surface area contributed by atoms with Crippen molar-refractivity contribution in [2.45, 2.75) is 19.0 Å². The molecular weight excluding hydrogens is 174 g/mol. The van der Waals surface area contributed by atoms with Gasteiger partial charge in [-0.1, -0.05) is 30.3 Å². The van der Waals surface area contributed by atoms with Crippen LogP contribution in [0.1, 0.15) is 22.6 Å². The van der Waals surface area contributed by atoms with E-state index in [9.17, 15) is 5.11 Å². The van der Waals surface area contributed by atoms with Gasteiger partial charge in [0.2, 0.25) is 0 Å². The highest BCUT2D eigenvalue weighted by Gasteiger charge is 2.10. The first-order valence-electron chi connectivity index (χ1n) is 4.91. The van der Waals surface area contributed by atoms with Crippen LogP contribution in [0.3, 0.4) is 0 Å². The van der Waals surface area contributed by atoms with Gasteiger partial charge in [0.05, 0.1) is 6.10 Å². The Hall–Kier alpha value is -0.570. The van der Waals surface area contributed by atoms with Crippen LogP contribution in [0, 0.1) is 0 Å². The van der Waals surface area contributed by atoms with Gasteiger partial charge in [-0.25, -0.2) is 0 Å². The maximum absolute atomic E-state index is 9.64. The lowest BCUT2D eigenvalue weighted by Crippen LogP contribution is -2.24. The van der Waals surface area contributed by atoms with Crippen LogP contribution in [0.15, 0.2) is 30.3 Å². The van der Waals surface area contributed by atoms with Gasteiger partial charge in [0.15, 0.2) is 0 Å². The fourth-order valence-corrected chi connectivity index (χ4v) is 0.858. The van der Waals surface area contributed by atoms with Gasteiger partial charge in [0, 0.05) is 10.2 Å². The number of benzene rings is 1. The van der Waals surface area contributed by atoms with Crippen molar-refractivity contribution in [3.05, 3.63) is 35.9 Å². The molecule has 3 N–H and O–H groups in total. The van der Waals surface area contributed by atoms with Crippen LogP contribution < -0.4 is 5.73 Å². The van der Waals surface area contributed by atoms with Gasteiger partial charge in [0.1, 0.15) is 0 Å². The summed E-state index contributed by atoms with van der Waals surface area (Å²) in [6.07, 6.45) is -1.15. The number of nitrogens with two attached hydrogens (primary N) is 1. The topological polar surface area (TPSA) is 46.2 Å². The number of halogens is 1. The van der Waals surface area contributed by atoms with Gasteiger partial charge >= 0.3 is 0 Å². The summed E-state index contributed by atoms with van der Waals surface area (Å²) in [6, 6.07) is 7.30. The summed E-state index contributed by atoms with van der Waals surface area (Å²) in [4.78, 5) is 0. The Labute approximate surface area is 83.0 Å². The summed E-state index contributed by atoms with van der Waals surface area (Å²) in [6.45, 7) is -2.34. The summed E-state index contributed by atoms with van der Waals surface area (Å²) < 4.78 is 21.2. The second kappa shape index (κ2) is 5.14. The zero-order valence-electron chi connectivity index (χ0n) is 9.47. The second-order valence-electron chi connectivity index (χ2n) is 2.38. The van der Waals surface area contributed by atoms with Gasteiger partial charge in [0.25, 0.3) is 0 Å². The highest BCUT2D eigenvalue weighted by Crippen LogP contribution is 2.13. The Morgan fingerprint density at radius 1 is 1.42 bits per heavy atom. The largest absolute Gasteiger partial charge is 0.387 e. The minimum Gasteiger partial charge on any atom is -0.387 e.